The van der Waals surface area contributed by atoms with Crippen molar-refractivity contribution < 1.29 is 17.6 Å². The molecule has 8 nitrogen and oxygen atoms in total. The molecule has 10 heteroatoms. The van der Waals surface area contributed by atoms with Gasteiger partial charge in [-0.25, -0.2) is 12.8 Å². The zero-order chi connectivity index (χ0) is 23.6. The highest BCUT2D eigenvalue weighted by Crippen LogP contribution is 2.27. The summed E-state index contributed by atoms with van der Waals surface area (Å²) in [4.78, 5) is 12.8. The molecule has 0 saturated heterocycles. The molecule has 2 heterocycles. The summed E-state index contributed by atoms with van der Waals surface area (Å²) < 4.78 is 42.3. The summed E-state index contributed by atoms with van der Waals surface area (Å²) in [6.45, 7) is 2.07. The molecule has 0 atom stereocenters. The molecule has 1 aliphatic heterocycles. The van der Waals surface area contributed by atoms with E-state index in [9.17, 15) is 17.6 Å². The number of hydrogen-bond donors (Lipinski definition) is 1. The Bertz CT molecular complexity index is 1290. The number of hydrogen-bond acceptors (Lipinski definition) is 5. The number of aryl methyl sites for hydroxylation is 2. The minimum absolute atomic E-state index is 0.0401. The number of sulfonamides is 1. The van der Waals surface area contributed by atoms with Gasteiger partial charge in [-0.15, -0.1) is 10.2 Å². The molecular formula is C23H26FN5O3S. The quantitative estimate of drug-likeness (QED) is 0.593. The standard InChI is InChI=1S/C23H26FN5O3S/c1-16-8-5-6-9-20(16)29(33(2,31)32)15-22(30)25-19-14-17(11-12-18(19)24)23-27-26-21-10-4-3-7-13-28(21)23/h5-6,8-9,11-12,14H,3-4,7,10,13,15H2,1-2H3,(H,25,30). The summed E-state index contributed by atoms with van der Waals surface area (Å²) in [5, 5.41) is 11.1. The van der Waals surface area contributed by atoms with Gasteiger partial charge >= 0.3 is 0 Å². The maximum atomic E-state index is 14.5. The number of para-hydroxylation sites is 1. The number of anilines is 2. The number of amides is 1. The average Bonchev–Trinajstić information content (AvgIpc) is 3.01. The van der Waals surface area contributed by atoms with E-state index in [4.69, 9.17) is 0 Å². The number of nitrogens with zero attached hydrogens (tertiary/aromatic N) is 4. The largest absolute Gasteiger partial charge is 0.322 e. The van der Waals surface area contributed by atoms with E-state index in [0.717, 1.165) is 48.6 Å². The van der Waals surface area contributed by atoms with Crippen molar-refractivity contribution in [3.63, 3.8) is 0 Å². The number of fused-ring (bicyclic) bond motifs is 1. The zero-order valence-electron chi connectivity index (χ0n) is 18.6. The van der Waals surface area contributed by atoms with Gasteiger partial charge in [-0.3, -0.25) is 9.10 Å². The van der Waals surface area contributed by atoms with E-state index in [0.29, 0.717) is 22.6 Å². The number of nitrogens with one attached hydrogen (secondary N) is 1. The van der Waals surface area contributed by atoms with E-state index in [1.807, 2.05) is 4.57 Å². The summed E-state index contributed by atoms with van der Waals surface area (Å²) in [6.07, 6.45) is 5.07. The second-order valence-electron chi connectivity index (χ2n) is 8.20. The molecular weight excluding hydrogens is 445 g/mol. The maximum absolute atomic E-state index is 14.5. The van der Waals surface area contributed by atoms with Crippen molar-refractivity contribution >= 4 is 27.3 Å². The van der Waals surface area contributed by atoms with Gasteiger partial charge in [0.15, 0.2) is 5.82 Å². The van der Waals surface area contributed by atoms with E-state index in [1.165, 1.54) is 12.1 Å². The van der Waals surface area contributed by atoms with E-state index < -0.39 is 28.3 Å². The van der Waals surface area contributed by atoms with Crippen LogP contribution in [-0.2, 0) is 27.8 Å². The van der Waals surface area contributed by atoms with Gasteiger partial charge in [-0.05, 0) is 49.6 Å². The Morgan fingerprint density at radius 1 is 1.15 bits per heavy atom. The highest BCUT2D eigenvalue weighted by molar-refractivity contribution is 7.92. The highest BCUT2D eigenvalue weighted by atomic mass is 32.2. The van der Waals surface area contributed by atoms with Crippen LogP contribution in [0.15, 0.2) is 42.5 Å². The predicted octanol–water partition coefficient (Wildman–Crippen LogP) is 3.52. The van der Waals surface area contributed by atoms with Crippen LogP contribution in [0.1, 0.15) is 30.7 Å². The molecule has 0 bridgehead atoms. The van der Waals surface area contributed by atoms with Gasteiger partial charge in [0, 0.05) is 18.5 Å². The number of halogens is 1. The smallest absolute Gasteiger partial charge is 0.245 e. The first-order valence-electron chi connectivity index (χ1n) is 10.8. The van der Waals surface area contributed by atoms with Gasteiger partial charge in [0.25, 0.3) is 0 Å². The maximum Gasteiger partial charge on any atom is 0.245 e. The monoisotopic (exact) mass is 471 g/mol. The van der Waals surface area contributed by atoms with Crippen molar-refractivity contribution in [2.24, 2.45) is 0 Å². The lowest BCUT2D eigenvalue weighted by molar-refractivity contribution is -0.114. The Morgan fingerprint density at radius 3 is 2.70 bits per heavy atom. The average molecular weight is 472 g/mol. The van der Waals surface area contributed by atoms with Crippen molar-refractivity contribution in [1.82, 2.24) is 14.8 Å². The third-order valence-electron chi connectivity index (χ3n) is 5.68. The first kappa shape index (κ1) is 22.9. The van der Waals surface area contributed by atoms with E-state index in [2.05, 4.69) is 15.5 Å². The fourth-order valence-corrected chi connectivity index (χ4v) is 4.92. The van der Waals surface area contributed by atoms with Crippen LogP contribution in [0.4, 0.5) is 15.8 Å². The number of benzene rings is 2. The highest BCUT2D eigenvalue weighted by Gasteiger charge is 2.23. The van der Waals surface area contributed by atoms with E-state index >= 15 is 0 Å². The lowest BCUT2D eigenvalue weighted by Crippen LogP contribution is -2.38. The number of rotatable bonds is 6. The topological polar surface area (TPSA) is 97.2 Å². The van der Waals surface area contributed by atoms with Gasteiger partial charge in [-0.1, -0.05) is 24.6 Å². The molecule has 1 N–H and O–H groups in total. The van der Waals surface area contributed by atoms with Gasteiger partial charge in [-0.2, -0.15) is 0 Å². The molecule has 0 spiro atoms. The lowest BCUT2D eigenvalue weighted by Gasteiger charge is -2.23. The zero-order valence-corrected chi connectivity index (χ0v) is 19.4. The Hall–Kier alpha value is -3.27. The van der Waals surface area contributed by atoms with Gasteiger partial charge in [0.1, 0.15) is 18.2 Å². The fourth-order valence-electron chi connectivity index (χ4n) is 4.00. The summed E-state index contributed by atoms with van der Waals surface area (Å²) in [7, 11) is -3.74. The van der Waals surface area contributed by atoms with Crippen molar-refractivity contribution in [2.45, 2.75) is 39.2 Å². The minimum atomic E-state index is -3.74. The van der Waals surface area contributed by atoms with Crippen molar-refractivity contribution in [2.75, 3.05) is 22.4 Å². The minimum Gasteiger partial charge on any atom is -0.322 e. The number of carbonyl (C=O) groups excluding carboxylic acids is 1. The van der Waals surface area contributed by atoms with Gasteiger partial charge in [0.2, 0.25) is 15.9 Å². The second-order valence-corrected chi connectivity index (χ2v) is 10.1. The second kappa shape index (κ2) is 9.30. The molecule has 1 aliphatic rings. The lowest BCUT2D eigenvalue weighted by atomic mass is 10.1. The molecule has 33 heavy (non-hydrogen) atoms. The van der Waals surface area contributed by atoms with Crippen LogP contribution in [0.25, 0.3) is 11.4 Å². The van der Waals surface area contributed by atoms with Crippen molar-refractivity contribution in [3.8, 4) is 11.4 Å². The molecule has 0 fully saturated rings. The van der Waals surface area contributed by atoms with Crippen LogP contribution in [0.2, 0.25) is 0 Å². The summed E-state index contributed by atoms with van der Waals surface area (Å²) in [5.41, 5.74) is 1.69. The summed E-state index contributed by atoms with van der Waals surface area (Å²) in [6, 6.07) is 11.2. The van der Waals surface area contributed by atoms with E-state index in [1.54, 1.807) is 37.3 Å². The number of aromatic nitrogens is 3. The SMILES string of the molecule is Cc1ccccc1N(CC(=O)Nc1cc(-c2nnc3n2CCCCC3)ccc1F)S(C)(=O)=O. The molecule has 1 amide bonds. The van der Waals surface area contributed by atoms with Gasteiger partial charge in [0.05, 0.1) is 17.6 Å². The Kier molecular flexibility index (Phi) is 6.46. The molecule has 1 aromatic heterocycles. The molecule has 4 rings (SSSR count). The normalized spacial score (nSPS) is 13.8. The Labute approximate surface area is 192 Å². The summed E-state index contributed by atoms with van der Waals surface area (Å²) in [5.74, 6) is 0.254. The van der Waals surface area contributed by atoms with Crippen LogP contribution < -0.4 is 9.62 Å². The first-order chi connectivity index (χ1) is 15.7. The molecule has 0 unspecified atom stereocenters. The van der Waals surface area contributed by atoms with Crippen LogP contribution in [0.5, 0.6) is 0 Å². The van der Waals surface area contributed by atoms with Crippen molar-refractivity contribution in [3.05, 3.63) is 59.7 Å². The molecule has 0 radical (unpaired) electrons. The van der Waals surface area contributed by atoms with Crippen LogP contribution >= 0.6 is 0 Å². The third kappa shape index (κ3) is 5.05. The molecule has 0 aliphatic carbocycles. The number of carbonyl (C=O) groups is 1. The first-order valence-corrected chi connectivity index (χ1v) is 12.6. The molecule has 2 aromatic carbocycles. The Balaban J connectivity index is 1.59. The molecule has 0 saturated carbocycles. The molecule has 3 aromatic rings. The van der Waals surface area contributed by atoms with Crippen LogP contribution in [0.3, 0.4) is 0 Å². The van der Waals surface area contributed by atoms with Crippen molar-refractivity contribution in [1.29, 1.82) is 0 Å². The fraction of sp³-hybridized carbons (Fsp3) is 0.348. The summed E-state index contributed by atoms with van der Waals surface area (Å²) >= 11 is 0. The van der Waals surface area contributed by atoms with E-state index in [-0.39, 0.29) is 5.69 Å². The third-order valence-corrected chi connectivity index (χ3v) is 6.81. The molecule has 174 valence electrons. The van der Waals surface area contributed by atoms with Gasteiger partial charge < -0.3 is 9.88 Å². The van der Waals surface area contributed by atoms with Crippen LogP contribution in [0, 0.1) is 12.7 Å². The predicted molar refractivity (Wildman–Crippen MR) is 125 cm³/mol. The Morgan fingerprint density at radius 2 is 1.94 bits per heavy atom. The van der Waals surface area contributed by atoms with Crippen LogP contribution in [-0.4, -0.2) is 41.9 Å².